The highest BCUT2D eigenvalue weighted by Crippen LogP contribution is 2.41. The number of halogens is 2. The molecule has 0 amide bonds. The van der Waals surface area contributed by atoms with E-state index in [2.05, 4.69) is 54.2 Å². The number of thioether (sulfide) groups is 2. The van der Waals surface area contributed by atoms with E-state index in [1.165, 1.54) is 33.6 Å². The molecule has 1 atom stereocenters. The van der Waals surface area contributed by atoms with Gasteiger partial charge < -0.3 is 23.2 Å². The van der Waals surface area contributed by atoms with Crippen LogP contribution in [0.3, 0.4) is 0 Å². The Morgan fingerprint density at radius 3 is 2.42 bits per heavy atom. The van der Waals surface area contributed by atoms with Gasteiger partial charge in [-0.3, -0.25) is 0 Å². The van der Waals surface area contributed by atoms with Crippen molar-refractivity contribution >= 4 is 74.0 Å². The van der Waals surface area contributed by atoms with E-state index in [9.17, 15) is 0 Å². The number of methoxy groups -OCH3 is 1. The molecule has 0 saturated carbocycles. The van der Waals surface area contributed by atoms with Gasteiger partial charge in [-0.25, -0.2) is 4.99 Å². The predicted molar refractivity (Wildman–Crippen MR) is 224 cm³/mol. The Morgan fingerprint density at radius 2 is 1.60 bits per heavy atom. The van der Waals surface area contributed by atoms with Gasteiger partial charge in [-0.1, -0.05) is 94.3 Å². The van der Waals surface area contributed by atoms with E-state index in [0.29, 0.717) is 60.6 Å². The Bertz CT molecular complexity index is 2770. The van der Waals surface area contributed by atoms with Crippen LogP contribution in [0.4, 0.5) is 0 Å². The molecule has 1 aliphatic rings. The van der Waals surface area contributed by atoms with Gasteiger partial charge in [0.05, 0.1) is 17.7 Å². The SMILES string of the molecule is COc1cccc(-c2nnc(SCc3noc(-c4ccc(C5(CSc6nnc(-c7cc8ccccc8s7)n6C)N=C(c6cccc(Cl)c6)ON5)c(Cl)c4)n3)n2C)c1. The summed E-state index contributed by atoms with van der Waals surface area (Å²) in [4.78, 5) is 16.8. The molecule has 13 nitrogen and oxygen atoms in total. The first-order chi connectivity index (χ1) is 27.8. The van der Waals surface area contributed by atoms with Crippen LogP contribution in [-0.2, 0) is 30.3 Å². The fraction of sp³-hybridized carbons (Fsp3) is 0.154. The Balaban J connectivity index is 0.959. The molecule has 5 heterocycles. The smallest absolute Gasteiger partial charge is 0.258 e. The minimum absolute atomic E-state index is 0.323. The number of nitrogens with one attached hydrogen (secondary N) is 1. The van der Waals surface area contributed by atoms with Gasteiger partial charge >= 0.3 is 0 Å². The average molecular weight is 854 g/mol. The van der Waals surface area contributed by atoms with Crippen LogP contribution < -0.4 is 10.2 Å². The van der Waals surface area contributed by atoms with Crippen molar-refractivity contribution in [3.05, 3.63) is 124 Å². The summed E-state index contributed by atoms with van der Waals surface area (Å²) in [7, 11) is 5.51. The Hall–Kier alpha value is -5.23. The fourth-order valence-electron chi connectivity index (χ4n) is 6.26. The first kappa shape index (κ1) is 37.4. The van der Waals surface area contributed by atoms with Gasteiger partial charge in [-0.05, 0) is 60.0 Å². The number of rotatable bonds is 12. The second-order valence-electron chi connectivity index (χ2n) is 12.9. The lowest BCUT2D eigenvalue weighted by molar-refractivity contribution is 0.132. The van der Waals surface area contributed by atoms with E-state index in [0.717, 1.165) is 33.4 Å². The van der Waals surface area contributed by atoms with E-state index in [-0.39, 0.29) is 0 Å². The van der Waals surface area contributed by atoms with Gasteiger partial charge in [0, 0.05) is 56.8 Å². The lowest BCUT2D eigenvalue weighted by Crippen LogP contribution is -2.39. The molecule has 286 valence electrons. The Kier molecular flexibility index (Phi) is 10.2. The molecule has 18 heteroatoms. The Labute approximate surface area is 348 Å². The van der Waals surface area contributed by atoms with Crippen LogP contribution in [0, 0.1) is 0 Å². The topological polar surface area (TPSA) is 143 Å². The summed E-state index contributed by atoms with van der Waals surface area (Å²) in [5.74, 6) is 4.20. The summed E-state index contributed by atoms with van der Waals surface area (Å²) in [6.45, 7) is 0. The van der Waals surface area contributed by atoms with Crippen LogP contribution in [0.2, 0.25) is 10.0 Å². The predicted octanol–water partition coefficient (Wildman–Crippen LogP) is 9.08. The molecule has 1 aliphatic heterocycles. The minimum atomic E-state index is -1.11. The number of hydrogen-bond acceptors (Lipinski definition) is 14. The maximum Gasteiger partial charge on any atom is 0.258 e. The monoisotopic (exact) mass is 852 g/mol. The van der Waals surface area contributed by atoms with Crippen molar-refractivity contribution in [3.63, 3.8) is 0 Å². The highest BCUT2D eigenvalue weighted by atomic mass is 35.5. The van der Waals surface area contributed by atoms with Crippen molar-refractivity contribution < 1.29 is 14.1 Å². The van der Waals surface area contributed by atoms with Crippen molar-refractivity contribution in [1.82, 2.24) is 45.1 Å². The normalized spacial score (nSPS) is 15.3. The highest BCUT2D eigenvalue weighted by Gasteiger charge is 2.41. The number of hydroxylamine groups is 1. The van der Waals surface area contributed by atoms with Crippen LogP contribution >= 0.6 is 58.1 Å². The number of aliphatic imine (C=N–C) groups is 1. The third-order valence-corrected chi connectivity index (χ3v) is 13.0. The fourth-order valence-corrected chi connectivity index (χ4v) is 9.62. The first-order valence-electron chi connectivity index (χ1n) is 17.4. The minimum Gasteiger partial charge on any atom is -0.497 e. The third kappa shape index (κ3) is 7.40. The van der Waals surface area contributed by atoms with E-state index in [1.54, 1.807) is 36.6 Å². The van der Waals surface area contributed by atoms with E-state index in [1.807, 2.05) is 83.9 Å². The lowest BCUT2D eigenvalue weighted by atomic mass is 10.0. The summed E-state index contributed by atoms with van der Waals surface area (Å²) in [5, 5.41) is 25.6. The van der Waals surface area contributed by atoms with Crippen LogP contribution in [-0.4, -0.2) is 58.4 Å². The molecule has 0 saturated heterocycles. The quantitative estimate of drug-likeness (QED) is 0.117. The molecule has 8 aromatic rings. The number of fused-ring (bicyclic) bond motifs is 1. The molecule has 1 unspecified atom stereocenters. The molecule has 4 aromatic carbocycles. The molecule has 1 N–H and O–H groups in total. The summed E-state index contributed by atoms with van der Waals surface area (Å²) < 4.78 is 16.1. The van der Waals surface area contributed by atoms with Gasteiger partial charge in [0.1, 0.15) is 5.75 Å². The molecule has 57 heavy (non-hydrogen) atoms. The number of thiophene rings is 1. The van der Waals surface area contributed by atoms with E-state index in [4.69, 9.17) is 42.3 Å². The molecule has 0 radical (unpaired) electrons. The molecule has 0 fully saturated rings. The second kappa shape index (κ2) is 15.6. The number of ether oxygens (including phenoxy) is 1. The number of hydrogen-bond donors (Lipinski definition) is 1. The lowest BCUT2D eigenvalue weighted by Gasteiger charge is -2.25. The molecule has 9 rings (SSSR count). The van der Waals surface area contributed by atoms with Crippen LogP contribution in [0.25, 0.3) is 43.6 Å². The summed E-state index contributed by atoms with van der Waals surface area (Å²) in [5.41, 5.74) is 5.00. The van der Waals surface area contributed by atoms with Crippen molar-refractivity contribution in [1.29, 1.82) is 0 Å². The zero-order chi connectivity index (χ0) is 39.1. The van der Waals surface area contributed by atoms with Crippen LogP contribution in [0.15, 0.2) is 117 Å². The van der Waals surface area contributed by atoms with Gasteiger partial charge in [-0.15, -0.1) is 37.2 Å². The Morgan fingerprint density at radius 1 is 0.807 bits per heavy atom. The molecule has 0 aliphatic carbocycles. The van der Waals surface area contributed by atoms with Crippen molar-refractivity contribution in [2.75, 3.05) is 12.9 Å². The second-order valence-corrected chi connectivity index (χ2v) is 16.7. The van der Waals surface area contributed by atoms with Crippen molar-refractivity contribution in [2.24, 2.45) is 19.1 Å². The summed E-state index contributed by atoms with van der Waals surface area (Å²) >= 11 is 18.0. The van der Waals surface area contributed by atoms with E-state index < -0.39 is 5.66 Å². The zero-order valence-electron chi connectivity index (χ0n) is 30.4. The maximum absolute atomic E-state index is 7.09. The van der Waals surface area contributed by atoms with Crippen molar-refractivity contribution in [2.45, 2.75) is 21.7 Å². The largest absolute Gasteiger partial charge is 0.497 e. The van der Waals surface area contributed by atoms with Gasteiger partial charge in [0.2, 0.25) is 5.90 Å². The van der Waals surface area contributed by atoms with Gasteiger partial charge in [0.15, 0.2) is 33.4 Å². The highest BCUT2D eigenvalue weighted by molar-refractivity contribution is 7.99. The molecular weight excluding hydrogens is 824 g/mol. The average Bonchev–Trinajstić information content (AvgIpc) is 4.08. The number of benzene rings is 4. The molecule has 4 aromatic heterocycles. The van der Waals surface area contributed by atoms with Crippen LogP contribution in [0.5, 0.6) is 5.75 Å². The standard InChI is InChI=1S/C39H30Cl2N10O3S3/c1-50-33(23-9-7-12-27(17-23)52-3)44-46-37(50)55-20-32-42-35(53-48-32)25-14-15-28(29(41)18-25)39(43-36(54-49-39)24-10-6-11-26(40)16-24)21-56-38-47-45-34(51(38)2)31-19-22-8-4-5-13-30(22)57-31/h4-19,49H,20-21H2,1-3H3. The van der Waals surface area contributed by atoms with E-state index >= 15 is 0 Å². The van der Waals surface area contributed by atoms with Crippen molar-refractivity contribution in [3.8, 4) is 39.3 Å². The maximum atomic E-state index is 7.09. The molecule has 0 bridgehead atoms. The summed E-state index contributed by atoms with van der Waals surface area (Å²) in [6.07, 6.45) is 0. The number of aromatic nitrogens is 8. The summed E-state index contributed by atoms with van der Waals surface area (Å²) in [6, 6.07) is 31.0. The first-order valence-corrected chi connectivity index (χ1v) is 20.9. The van der Waals surface area contributed by atoms with Gasteiger partial charge in [-0.2, -0.15) is 4.98 Å². The zero-order valence-corrected chi connectivity index (χ0v) is 34.3. The molecule has 0 spiro atoms. The van der Waals surface area contributed by atoms with Crippen LogP contribution in [0.1, 0.15) is 17.0 Å². The molecular formula is C39H30Cl2N10O3S3. The number of nitrogens with zero attached hydrogens (tertiary/aromatic N) is 9. The third-order valence-electron chi connectivity index (χ3n) is 9.19. The van der Waals surface area contributed by atoms with Gasteiger partial charge in [0.25, 0.3) is 5.89 Å².